The maximum atomic E-state index is 13.1. The van der Waals surface area contributed by atoms with Crippen LogP contribution < -0.4 is 0 Å². The van der Waals surface area contributed by atoms with E-state index in [1.165, 1.54) is 12.1 Å². The summed E-state index contributed by atoms with van der Waals surface area (Å²) < 4.78 is 13.1. The highest BCUT2D eigenvalue weighted by Crippen LogP contribution is 2.24. The molecule has 0 aliphatic carbocycles. The molecule has 0 fully saturated rings. The van der Waals surface area contributed by atoms with Crippen molar-refractivity contribution in [1.82, 2.24) is 0 Å². The van der Waals surface area contributed by atoms with Gasteiger partial charge in [0.15, 0.2) is 0 Å². The van der Waals surface area contributed by atoms with Gasteiger partial charge in [-0.15, -0.1) is 0 Å². The number of hydrogen-bond acceptors (Lipinski definition) is 2. The van der Waals surface area contributed by atoms with E-state index in [2.05, 4.69) is 0 Å². The second-order valence-corrected chi connectivity index (χ2v) is 5.65. The van der Waals surface area contributed by atoms with Crippen molar-refractivity contribution in [3.63, 3.8) is 0 Å². The molecule has 0 heterocycles. The first-order valence-corrected chi connectivity index (χ1v) is 5.83. The largest absolute Gasteiger partial charge is 0.390 e. The van der Waals surface area contributed by atoms with Gasteiger partial charge in [-0.25, -0.2) is 4.39 Å². The molecule has 17 heavy (non-hydrogen) atoms. The van der Waals surface area contributed by atoms with Crippen molar-refractivity contribution < 1.29 is 14.6 Å². The van der Waals surface area contributed by atoms with Gasteiger partial charge in [0.1, 0.15) is 5.82 Å². The monoisotopic (exact) mass is 240 g/mol. The predicted octanol–water partition coefficient (Wildman–Crippen LogP) is 2.44. The van der Waals surface area contributed by atoms with Crippen LogP contribution in [0.2, 0.25) is 0 Å². The van der Waals surface area contributed by atoms with E-state index in [4.69, 9.17) is 0 Å². The summed E-state index contributed by atoms with van der Waals surface area (Å²) >= 11 is 0. The lowest BCUT2D eigenvalue weighted by Gasteiger charge is -2.30. The summed E-state index contributed by atoms with van der Waals surface area (Å²) in [7, 11) is 0. The first kappa shape index (κ1) is 14.1. The van der Waals surface area contributed by atoms with Crippen molar-refractivity contribution in [3.8, 4) is 0 Å². The third-order valence-electron chi connectivity index (χ3n) is 2.99. The zero-order chi connectivity index (χ0) is 13.2. The second-order valence-electron chi connectivity index (χ2n) is 5.65. The summed E-state index contributed by atoms with van der Waals surface area (Å²) in [5.74, 6) is -0.317. The molecule has 1 rings (SSSR count). The molecule has 0 amide bonds. The van der Waals surface area contributed by atoms with Crippen molar-refractivity contribution in [3.05, 3.63) is 35.1 Å². The molecule has 1 aromatic rings. The summed E-state index contributed by atoms with van der Waals surface area (Å²) in [5, 5.41) is 19.9. The minimum Gasteiger partial charge on any atom is -0.390 e. The third-order valence-corrected chi connectivity index (χ3v) is 2.99. The molecule has 0 bridgehead atoms. The Morgan fingerprint density at radius 1 is 1.24 bits per heavy atom. The normalized spacial score (nSPS) is 15.7. The molecule has 0 radical (unpaired) electrons. The topological polar surface area (TPSA) is 40.5 Å². The summed E-state index contributed by atoms with van der Waals surface area (Å²) in [5.41, 5.74) is 1.27. The molecule has 96 valence electrons. The zero-order valence-corrected chi connectivity index (χ0v) is 10.9. The smallest absolute Gasteiger partial charge is 0.123 e. The molecule has 2 N–H and O–H groups in total. The Morgan fingerprint density at radius 2 is 1.82 bits per heavy atom. The van der Waals surface area contributed by atoms with Gasteiger partial charge in [-0.05, 0) is 35.6 Å². The minimum atomic E-state index is -0.879. The van der Waals surface area contributed by atoms with Crippen LogP contribution >= 0.6 is 0 Å². The molecular weight excluding hydrogens is 219 g/mol. The lowest BCUT2D eigenvalue weighted by molar-refractivity contribution is -0.0434. The fourth-order valence-corrected chi connectivity index (χ4v) is 1.77. The molecule has 0 saturated heterocycles. The Hall–Kier alpha value is -0.930. The highest BCUT2D eigenvalue weighted by molar-refractivity contribution is 5.27. The van der Waals surface area contributed by atoms with Gasteiger partial charge in [-0.2, -0.15) is 0 Å². The fraction of sp³-hybridized carbons (Fsp3) is 0.571. The van der Waals surface area contributed by atoms with Crippen LogP contribution in [0.25, 0.3) is 0 Å². The Labute approximate surface area is 102 Å². The molecule has 2 nitrogen and oxygen atoms in total. The van der Waals surface area contributed by atoms with Gasteiger partial charge in [0.25, 0.3) is 0 Å². The quantitative estimate of drug-likeness (QED) is 0.852. The van der Waals surface area contributed by atoms with E-state index in [0.29, 0.717) is 0 Å². The highest BCUT2D eigenvalue weighted by atomic mass is 19.1. The number of benzene rings is 1. The van der Waals surface area contributed by atoms with E-state index in [1.807, 2.05) is 27.7 Å². The van der Waals surface area contributed by atoms with Gasteiger partial charge in [-0.1, -0.05) is 26.8 Å². The van der Waals surface area contributed by atoms with Crippen molar-refractivity contribution >= 4 is 0 Å². The Balaban J connectivity index is 2.81. The molecule has 3 heteroatoms. The Kier molecular flexibility index (Phi) is 4.28. The van der Waals surface area contributed by atoms with Gasteiger partial charge in [-0.3, -0.25) is 0 Å². The Bertz CT molecular complexity index is 382. The average molecular weight is 240 g/mol. The van der Waals surface area contributed by atoms with E-state index in [1.54, 1.807) is 6.07 Å². The SMILES string of the molecule is Cc1ccc(F)cc1CC(O)C(O)C(C)(C)C. The van der Waals surface area contributed by atoms with Crippen molar-refractivity contribution in [2.75, 3.05) is 0 Å². The lowest BCUT2D eigenvalue weighted by Crippen LogP contribution is -2.39. The number of aryl methyl sites for hydroxylation is 1. The van der Waals surface area contributed by atoms with E-state index >= 15 is 0 Å². The summed E-state index contributed by atoms with van der Waals surface area (Å²) in [6.07, 6.45) is -1.44. The zero-order valence-electron chi connectivity index (χ0n) is 10.9. The maximum Gasteiger partial charge on any atom is 0.123 e. The van der Waals surface area contributed by atoms with Crippen LogP contribution in [0.3, 0.4) is 0 Å². The predicted molar refractivity (Wildman–Crippen MR) is 66.3 cm³/mol. The molecular formula is C14H21FO2. The lowest BCUT2D eigenvalue weighted by atomic mass is 9.83. The van der Waals surface area contributed by atoms with E-state index < -0.39 is 12.2 Å². The first-order chi connectivity index (χ1) is 7.71. The van der Waals surface area contributed by atoms with Crippen LogP contribution in [0.4, 0.5) is 4.39 Å². The minimum absolute atomic E-state index is 0.266. The first-order valence-electron chi connectivity index (χ1n) is 5.83. The molecule has 2 unspecified atom stereocenters. The summed E-state index contributed by atoms with van der Waals surface area (Å²) in [6, 6.07) is 4.49. The van der Waals surface area contributed by atoms with Gasteiger partial charge >= 0.3 is 0 Å². The maximum absolute atomic E-state index is 13.1. The number of aliphatic hydroxyl groups is 2. The van der Waals surface area contributed by atoms with Crippen molar-refractivity contribution in [2.24, 2.45) is 5.41 Å². The molecule has 0 aromatic heterocycles. The van der Waals surface area contributed by atoms with Crippen LogP contribution in [-0.2, 0) is 6.42 Å². The highest BCUT2D eigenvalue weighted by Gasteiger charge is 2.29. The molecule has 1 aromatic carbocycles. The molecule has 2 atom stereocenters. The number of halogens is 1. The van der Waals surface area contributed by atoms with Gasteiger partial charge in [0, 0.05) is 6.42 Å². The number of hydrogen-bond donors (Lipinski definition) is 2. The van der Waals surface area contributed by atoms with Crippen LogP contribution in [0, 0.1) is 18.2 Å². The average Bonchev–Trinajstić information content (AvgIpc) is 2.21. The van der Waals surface area contributed by atoms with Crippen molar-refractivity contribution in [2.45, 2.75) is 46.3 Å². The van der Waals surface area contributed by atoms with Gasteiger partial charge in [0.2, 0.25) is 0 Å². The van der Waals surface area contributed by atoms with Gasteiger partial charge < -0.3 is 10.2 Å². The number of rotatable bonds is 3. The summed E-state index contributed by atoms with van der Waals surface area (Å²) in [6.45, 7) is 7.45. The van der Waals surface area contributed by atoms with Crippen LogP contribution in [0.15, 0.2) is 18.2 Å². The standard InChI is InChI=1S/C14H21FO2/c1-9-5-6-11(15)7-10(9)8-12(16)13(17)14(2,3)4/h5-7,12-13,16-17H,8H2,1-4H3. The molecule has 0 spiro atoms. The van der Waals surface area contributed by atoms with E-state index in [9.17, 15) is 14.6 Å². The van der Waals surface area contributed by atoms with E-state index in [0.717, 1.165) is 11.1 Å². The van der Waals surface area contributed by atoms with Crippen LogP contribution in [-0.4, -0.2) is 22.4 Å². The molecule has 0 aliphatic heterocycles. The fourth-order valence-electron chi connectivity index (χ4n) is 1.77. The van der Waals surface area contributed by atoms with Crippen LogP contribution in [0.1, 0.15) is 31.9 Å². The molecule has 0 aliphatic rings. The third kappa shape index (κ3) is 3.79. The Morgan fingerprint density at radius 3 is 2.35 bits per heavy atom. The second kappa shape index (κ2) is 5.15. The van der Waals surface area contributed by atoms with Crippen molar-refractivity contribution in [1.29, 1.82) is 0 Å². The van der Waals surface area contributed by atoms with Crippen LogP contribution in [0.5, 0.6) is 0 Å². The van der Waals surface area contributed by atoms with Gasteiger partial charge in [0.05, 0.1) is 12.2 Å². The van der Waals surface area contributed by atoms with E-state index in [-0.39, 0.29) is 17.7 Å². The number of aliphatic hydroxyl groups excluding tert-OH is 2. The summed E-state index contributed by atoms with van der Waals surface area (Å²) in [4.78, 5) is 0. The molecule has 0 saturated carbocycles.